The summed E-state index contributed by atoms with van der Waals surface area (Å²) in [6, 6.07) is 1.33. The topological polar surface area (TPSA) is 93.5 Å². The third-order valence-electron chi connectivity index (χ3n) is 2.59. The fourth-order valence-electron chi connectivity index (χ4n) is 1.60. The Morgan fingerprint density at radius 1 is 1.42 bits per heavy atom. The Kier molecular flexibility index (Phi) is 4.03. The SMILES string of the molecule is CN=C(N)NC(C)(C)c1cc([N+](=O)[O-])c(F)cc1F. The fraction of sp³-hybridized carbons (Fsp3) is 0.364. The highest BCUT2D eigenvalue weighted by molar-refractivity contribution is 5.78. The van der Waals surface area contributed by atoms with Gasteiger partial charge in [0.2, 0.25) is 5.82 Å². The number of hydrogen-bond donors (Lipinski definition) is 2. The van der Waals surface area contributed by atoms with Gasteiger partial charge in [-0.3, -0.25) is 15.1 Å². The van der Waals surface area contributed by atoms with Gasteiger partial charge in [-0.1, -0.05) is 0 Å². The molecule has 0 unspecified atom stereocenters. The van der Waals surface area contributed by atoms with Gasteiger partial charge in [0.25, 0.3) is 0 Å². The zero-order chi connectivity index (χ0) is 14.8. The fourth-order valence-corrected chi connectivity index (χ4v) is 1.60. The van der Waals surface area contributed by atoms with E-state index in [9.17, 15) is 18.9 Å². The molecule has 1 aromatic carbocycles. The van der Waals surface area contributed by atoms with Crippen molar-refractivity contribution in [3.8, 4) is 0 Å². The average molecular weight is 272 g/mol. The van der Waals surface area contributed by atoms with Crippen molar-refractivity contribution < 1.29 is 13.7 Å². The van der Waals surface area contributed by atoms with Crippen LogP contribution in [0.15, 0.2) is 17.1 Å². The number of hydrogen-bond acceptors (Lipinski definition) is 3. The average Bonchev–Trinajstić information content (AvgIpc) is 2.27. The molecule has 0 aliphatic heterocycles. The molecule has 1 rings (SSSR count). The quantitative estimate of drug-likeness (QED) is 0.378. The van der Waals surface area contributed by atoms with Gasteiger partial charge >= 0.3 is 5.69 Å². The molecule has 19 heavy (non-hydrogen) atoms. The number of benzene rings is 1. The first-order valence-electron chi connectivity index (χ1n) is 5.33. The number of nitro benzene ring substituents is 1. The largest absolute Gasteiger partial charge is 0.370 e. The Morgan fingerprint density at radius 3 is 2.47 bits per heavy atom. The van der Waals surface area contributed by atoms with Gasteiger partial charge in [0, 0.05) is 24.7 Å². The molecule has 0 saturated carbocycles. The third-order valence-corrected chi connectivity index (χ3v) is 2.59. The smallest absolute Gasteiger partial charge is 0.305 e. The summed E-state index contributed by atoms with van der Waals surface area (Å²) in [5.41, 5.74) is 3.54. The normalized spacial score (nSPS) is 12.4. The van der Waals surface area contributed by atoms with Gasteiger partial charge < -0.3 is 11.1 Å². The van der Waals surface area contributed by atoms with Crippen LogP contribution in [0.1, 0.15) is 19.4 Å². The summed E-state index contributed by atoms with van der Waals surface area (Å²) in [6.07, 6.45) is 0. The van der Waals surface area contributed by atoms with Crippen LogP contribution in [-0.4, -0.2) is 17.9 Å². The molecule has 3 N–H and O–H groups in total. The van der Waals surface area contributed by atoms with Crippen LogP contribution >= 0.6 is 0 Å². The van der Waals surface area contributed by atoms with Crippen molar-refractivity contribution in [1.82, 2.24) is 5.32 Å². The first-order chi connectivity index (χ1) is 8.69. The monoisotopic (exact) mass is 272 g/mol. The minimum absolute atomic E-state index is 0.0383. The molecular weight excluding hydrogens is 258 g/mol. The molecule has 8 heteroatoms. The summed E-state index contributed by atoms with van der Waals surface area (Å²) in [5, 5.41) is 13.4. The van der Waals surface area contributed by atoms with E-state index in [2.05, 4.69) is 10.3 Å². The standard InChI is InChI=1S/C11H14F2N4O2/c1-11(2,16-10(14)15-3)6-4-9(17(18)19)8(13)5-7(6)12/h4-5H,1-3H3,(H3,14,15,16). The summed E-state index contributed by atoms with van der Waals surface area (Å²) >= 11 is 0. The predicted molar refractivity (Wildman–Crippen MR) is 66.7 cm³/mol. The Morgan fingerprint density at radius 2 is 2.00 bits per heavy atom. The van der Waals surface area contributed by atoms with E-state index in [1.807, 2.05) is 0 Å². The van der Waals surface area contributed by atoms with E-state index in [1.165, 1.54) is 7.05 Å². The molecule has 1 aromatic rings. The number of nitro groups is 1. The number of nitrogens with zero attached hydrogens (tertiary/aromatic N) is 2. The van der Waals surface area contributed by atoms with Crippen molar-refractivity contribution in [2.75, 3.05) is 7.05 Å². The molecule has 0 heterocycles. The lowest BCUT2D eigenvalue weighted by molar-refractivity contribution is -0.387. The number of halogens is 2. The molecule has 0 aliphatic rings. The maximum Gasteiger partial charge on any atom is 0.305 e. The first kappa shape index (κ1) is 14.8. The third kappa shape index (κ3) is 3.15. The van der Waals surface area contributed by atoms with Crippen molar-refractivity contribution in [2.45, 2.75) is 19.4 Å². The molecule has 0 fully saturated rings. The molecule has 0 radical (unpaired) electrons. The second-order valence-electron chi connectivity index (χ2n) is 4.40. The Bertz CT molecular complexity index is 544. The van der Waals surface area contributed by atoms with Crippen LogP contribution in [0.4, 0.5) is 14.5 Å². The van der Waals surface area contributed by atoms with Crippen LogP contribution in [0.2, 0.25) is 0 Å². The summed E-state index contributed by atoms with van der Waals surface area (Å²) in [5.74, 6) is -2.08. The van der Waals surface area contributed by atoms with Crippen LogP contribution in [0.3, 0.4) is 0 Å². The summed E-state index contributed by atoms with van der Waals surface area (Å²) < 4.78 is 27.0. The van der Waals surface area contributed by atoms with Crippen molar-refractivity contribution >= 4 is 11.6 Å². The molecular formula is C11H14F2N4O2. The van der Waals surface area contributed by atoms with Crippen molar-refractivity contribution in [3.05, 3.63) is 39.4 Å². The predicted octanol–water partition coefficient (Wildman–Crippen LogP) is 1.64. The van der Waals surface area contributed by atoms with Crippen LogP contribution in [0.5, 0.6) is 0 Å². The zero-order valence-corrected chi connectivity index (χ0v) is 10.7. The van der Waals surface area contributed by atoms with Crippen molar-refractivity contribution in [2.24, 2.45) is 10.7 Å². The van der Waals surface area contributed by atoms with Gasteiger partial charge in [0.15, 0.2) is 5.96 Å². The number of aliphatic imine (C=N–C) groups is 1. The number of nitrogens with two attached hydrogens (primary N) is 1. The molecule has 6 nitrogen and oxygen atoms in total. The molecule has 0 bridgehead atoms. The maximum absolute atomic E-state index is 13.8. The van der Waals surface area contributed by atoms with Crippen LogP contribution in [0, 0.1) is 21.7 Å². The van der Waals surface area contributed by atoms with Gasteiger partial charge in [-0.05, 0) is 13.8 Å². The number of rotatable bonds is 3. The second kappa shape index (κ2) is 5.17. The highest BCUT2D eigenvalue weighted by Gasteiger charge is 2.29. The summed E-state index contributed by atoms with van der Waals surface area (Å²) in [6.45, 7) is 3.09. The van der Waals surface area contributed by atoms with E-state index in [0.29, 0.717) is 6.07 Å². The minimum atomic E-state index is -1.22. The lowest BCUT2D eigenvalue weighted by Gasteiger charge is -2.27. The van der Waals surface area contributed by atoms with Crippen LogP contribution in [-0.2, 0) is 5.54 Å². The molecule has 0 atom stereocenters. The lowest BCUT2D eigenvalue weighted by Crippen LogP contribution is -2.45. The Balaban J connectivity index is 3.33. The molecule has 0 aromatic heterocycles. The highest BCUT2D eigenvalue weighted by atomic mass is 19.1. The molecule has 0 spiro atoms. The molecule has 104 valence electrons. The minimum Gasteiger partial charge on any atom is -0.370 e. The summed E-state index contributed by atoms with van der Waals surface area (Å²) in [7, 11) is 1.43. The lowest BCUT2D eigenvalue weighted by atomic mass is 9.93. The van der Waals surface area contributed by atoms with Gasteiger partial charge in [-0.15, -0.1) is 0 Å². The van der Waals surface area contributed by atoms with Crippen molar-refractivity contribution in [1.29, 1.82) is 0 Å². The van der Waals surface area contributed by atoms with E-state index >= 15 is 0 Å². The summed E-state index contributed by atoms with van der Waals surface area (Å²) in [4.78, 5) is 13.4. The molecule has 0 aliphatic carbocycles. The van der Waals surface area contributed by atoms with Gasteiger partial charge in [-0.2, -0.15) is 4.39 Å². The molecule has 0 amide bonds. The van der Waals surface area contributed by atoms with Crippen molar-refractivity contribution in [3.63, 3.8) is 0 Å². The van der Waals surface area contributed by atoms with E-state index in [-0.39, 0.29) is 11.5 Å². The number of nitrogens with one attached hydrogen (secondary N) is 1. The Hall–Kier alpha value is -2.25. The van der Waals surface area contributed by atoms with Gasteiger partial charge in [0.1, 0.15) is 5.82 Å². The maximum atomic E-state index is 13.8. The van der Waals surface area contributed by atoms with E-state index in [0.717, 1.165) is 6.07 Å². The van der Waals surface area contributed by atoms with E-state index in [4.69, 9.17) is 5.73 Å². The second-order valence-corrected chi connectivity index (χ2v) is 4.40. The van der Waals surface area contributed by atoms with E-state index < -0.39 is 27.8 Å². The Labute approximate surface area is 108 Å². The molecule has 0 saturated heterocycles. The number of guanidine groups is 1. The zero-order valence-electron chi connectivity index (χ0n) is 10.7. The van der Waals surface area contributed by atoms with Crippen LogP contribution < -0.4 is 11.1 Å². The first-order valence-corrected chi connectivity index (χ1v) is 5.33. The highest BCUT2D eigenvalue weighted by Crippen LogP contribution is 2.29. The van der Waals surface area contributed by atoms with Gasteiger partial charge in [0.05, 0.1) is 10.5 Å². The van der Waals surface area contributed by atoms with Gasteiger partial charge in [-0.25, -0.2) is 4.39 Å². The van der Waals surface area contributed by atoms with Crippen LogP contribution in [0.25, 0.3) is 0 Å². The van der Waals surface area contributed by atoms with E-state index in [1.54, 1.807) is 13.8 Å².